The number of rotatable bonds is 4. The molecule has 0 saturated heterocycles. The highest BCUT2D eigenvalue weighted by Crippen LogP contribution is 2.17. The standard InChI is InChI=1S/C10H13N3O4/c1-10(2,17-9(11)14)5-7-3-4-8(6-12-7)13(15)16/h3-4,6H,5H2,1-2H3,(H2,11,14). The highest BCUT2D eigenvalue weighted by Gasteiger charge is 2.23. The van der Waals surface area contributed by atoms with E-state index in [0.29, 0.717) is 12.1 Å². The van der Waals surface area contributed by atoms with Gasteiger partial charge in [-0.3, -0.25) is 15.1 Å². The molecule has 7 nitrogen and oxygen atoms in total. The van der Waals surface area contributed by atoms with E-state index in [0.717, 1.165) is 6.20 Å². The van der Waals surface area contributed by atoms with Gasteiger partial charge in [0.15, 0.2) is 0 Å². The molecule has 1 aromatic rings. The number of amides is 1. The zero-order valence-corrected chi connectivity index (χ0v) is 9.54. The first-order valence-corrected chi connectivity index (χ1v) is 4.88. The van der Waals surface area contributed by atoms with E-state index < -0.39 is 16.6 Å². The molecule has 1 heterocycles. The second kappa shape index (κ2) is 4.77. The Morgan fingerprint density at radius 1 is 1.59 bits per heavy atom. The van der Waals surface area contributed by atoms with Crippen LogP contribution < -0.4 is 5.73 Å². The number of aromatic nitrogens is 1. The van der Waals surface area contributed by atoms with Gasteiger partial charge in [0.2, 0.25) is 0 Å². The molecular formula is C10H13N3O4. The lowest BCUT2D eigenvalue weighted by atomic mass is 10.0. The summed E-state index contributed by atoms with van der Waals surface area (Å²) in [6.45, 7) is 3.36. The Hall–Kier alpha value is -2.18. The topological polar surface area (TPSA) is 108 Å². The summed E-state index contributed by atoms with van der Waals surface area (Å²) in [4.78, 5) is 24.5. The molecule has 0 aromatic carbocycles. The molecule has 0 unspecified atom stereocenters. The molecular weight excluding hydrogens is 226 g/mol. The number of nitrogens with zero attached hydrogens (tertiary/aromatic N) is 2. The Bertz CT molecular complexity index is 428. The second-order valence-electron chi connectivity index (χ2n) is 4.12. The van der Waals surface area contributed by atoms with E-state index in [4.69, 9.17) is 10.5 Å². The quantitative estimate of drug-likeness (QED) is 0.631. The van der Waals surface area contributed by atoms with Gasteiger partial charge in [0.25, 0.3) is 5.69 Å². The zero-order valence-electron chi connectivity index (χ0n) is 9.54. The van der Waals surface area contributed by atoms with E-state index in [1.165, 1.54) is 12.1 Å². The third-order valence-corrected chi connectivity index (χ3v) is 2.00. The molecule has 1 amide bonds. The highest BCUT2D eigenvalue weighted by molar-refractivity contribution is 5.65. The third-order valence-electron chi connectivity index (χ3n) is 2.00. The number of carbonyl (C=O) groups excluding carboxylic acids is 1. The number of nitrogens with two attached hydrogens (primary N) is 1. The zero-order chi connectivity index (χ0) is 13.1. The van der Waals surface area contributed by atoms with Crippen molar-refractivity contribution >= 4 is 11.8 Å². The lowest BCUT2D eigenvalue weighted by Gasteiger charge is -2.23. The van der Waals surface area contributed by atoms with E-state index >= 15 is 0 Å². The minimum Gasteiger partial charge on any atom is -0.443 e. The maximum absolute atomic E-state index is 10.6. The minimum absolute atomic E-state index is 0.0811. The molecule has 0 bridgehead atoms. The summed E-state index contributed by atoms with van der Waals surface area (Å²) in [6, 6.07) is 2.87. The number of hydrogen-bond donors (Lipinski definition) is 1. The SMILES string of the molecule is CC(C)(Cc1ccc([N+](=O)[O-])cn1)OC(N)=O. The van der Waals surface area contributed by atoms with Crippen LogP contribution in [0.3, 0.4) is 0 Å². The molecule has 0 radical (unpaired) electrons. The third kappa shape index (κ3) is 4.06. The largest absolute Gasteiger partial charge is 0.443 e. The number of nitro groups is 1. The van der Waals surface area contributed by atoms with Crippen LogP contribution in [0.5, 0.6) is 0 Å². The van der Waals surface area contributed by atoms with Crippen LogP contribution >= 0.6 is 0 Å². The number of hydrogen-bond acceptors (Lipinski definition) is 5. The van der Waals surface area contributed by atoms with Crippen LogP contribution in [0.4, 0.5) is 10.5 Å². The summed E-state index contributed by atoms with van der Waals surface area (Å²) in [5, 5.41) is 10.4. The number of primary amides is 1. The van der Waals surface area contributed by atoms with Gasteiger partial charge in [0.05, 0.1) is 4.92 Å². The van der Waals surface area contributed by atoms with Crippen molar-refractivity contribution in [3.63, 3.8) is 0 Å². The van der Waals surface area contributed by atoms with Crippen LogP contribution in [0, 0.1) is 10.1 Å². The molecule has 1 aromatic heterocycles. The first-order chi connectivity index (χ1) is 7.80. The molecule has 7 heteroatoms. The van der Waals surface area contributed by atoms with Crippen molar-refractivity contribution in [2.24, 2.45) is 5.73 Å². The van der Waals surface area contributed by atoms with Gasteiger partial charge in [-0.2, -0.15) is 0 Å². The Balaban J connectivity index is 2.75. The van der Waals surface area contributed by atoms with Gasteiger partial charge in [0, 0.05) is 18.2 Å². The van der Waals surface area contributed by atoms with Crippen molar-refractivity contribution in [1.82, 2.24) is 4.98 Å². The summed E-state index contributed by atoms with van der Waals surface area (Å²) >= 11 is 0. The Morgan fingerprint density at radius 3 is 2.65 bits per heavy atom. The van der Waals surface area contributed by atoms with Gasteiger partial charge in [-0.1, -0.05) is 0 Å². The van der Waals surface area contributed by atoms with Crippen LogP contribution in [0.15, 0.2) is 18.3 Å². The molecule has 0 spiro atoms. The van der Waals surface area contributed by atoms with Gasteiger partial charge >= 0.3 is 6.09 Å². The van der Waals surface area contributed by atoms with Gasteiger partial charge in [-0.05, 0) is 19.9 Å². The fraction of sp³-hybridized carbons (Fsp3) is 0.400. The first-order valence-electron chi connectivity index (χ1n) is 4.88. The van der Waals surface area contributed by atoms with Crippen molar-refractivity contribution < 1.29 is 14.5 Å². The number of carbonyl (C=O) groups is 1. The fourth-order valence-electron chi connectivity index (χ4n) is 1.37. The summed E-state index contributed by atoms with van der Waals surface area (Å²) in [7, 11) is 0. The maximum Gasteiger partial charge on any atom is 0.405 e. The average Bonchev–Trinajstić information content (AvgIpc) is 2.15. The summed E-state index contributed by atoms with van der Waals surface area (Å²) < 4.78 is 4.88. The Morgan fingerprint density at radius 2 is 2.24 bits per heavy atom. The molecule has 0 fully saturated rings. The van der Waals surface area contributed by atoms with E-state index in [-0.39, 0.29) is 5.69 Å². The van der Waals surface area contributed by atoms with Gasteiger partial charge in [-0.25, -0.2) is 4.79 Å². The second-order valence-corrected chi connectivity index (χ2v) is 4.12. The van der Waals surface area contributed by atoms with Gasteiger partial charge in [0.1, 0.15) is 11.8 Å². The van der Waals surface area contributed by atoms with Crippen LogP contribution in [0.25, 0.3) is 0 Å². The predicted molar refractivity (Wildman–Crippen MR) is 59.3 cm³/mol. The molecule has 0 aliphatic rings. The Kier molecular flexibility index (Phi) is 3.62. The van der Waals surface area contributed by atoms with Gasteiger partial charge in [-0.15, -0.1) is 0 Å². The normalized spacial score (nSPS) is 10.9. The maximum atomic E-state index is 10.6. The molecule has 1 rings (SSSR count). The number of pyridine rings is 1. The molecule has 0 atom stereocenters. The average molecular weight is 239 g/mol. The van der Waals surface area contributed by atoms with Crippen molar-refractivity contribution in [3.8, 4) is 0 Å². The molecule has 0 aliphatic carbocycles. The molecule has 0 aliphatic heterocycles. The van der Waals surface area contributed by atoms with E-state index in [1.54, 1.807) is 13.8 Å². The highest BCUT2D eigenvalue weighted by atomic mass is 16.6. The monoisotopic (exact) mass is 239 g/mol. The van der Waals surface area contributed by atoms with Crippen molar-refractivity contribution in [3.05, 3.63) is 34.1 Å². The lowest BCUT2D eigenvalue weighted by Crippen LogP contribution is -2.33. The first kappa shape index (κ1) is 12.9. The van der Waals surface area contributed by atoms with Crippen LogP contribution in [0.2, 0.25) is 0 Å². The fourth-order valence-corrected chi connectivity index (χ4v) is 1.37. The summed E-state index contributed by atoms with van der Waals surface area (Å²) in [6.07, 6.45) is 0.626. The minimum atomic E-state index is -0.864. The molecule has 2 N–H and O–H groups in total. The molecule has 0 saturated carbocycles. The Labute approximate surface area is 97.7 Å². The molecule has 17 heavy (non-hydrogen) atoms. The van der Waals surface area contributed by atoms with Crippen LogP contribution in [-0.4, -0.2) is 21.6 Å². The summed E-state index contributed by atoms with van der Waals surface area (Å²) in [5.74, 6) is 0. The lowest BCUT2D eigenvalue weighted by molar-refractivity contribution is -0.385. The van der Waals surface area contributed by atoms with E-state index in [2.05, 4.69) is 4.98 Å². The van der Waals surface area contributed by atoms with Crippen LogP contribution in [0.1, 0.15) is 19.5 Å². The van der Waals surface area contributed by atoms with Gasteiger partial charge < -0.3 is 10.5 Å². The van der Waals surface area contributed by atoms with Crippen molar-refractivity contribution in [1.29, 1.82) is 0 Å². The predicted octanol–water partition coefficient (Wildman–Crippen LogP) is 1.41. The van der Waals surface area contributed by atoms with Crippen molar-refractivity contribution in [2.75, 3.05) is 0 Å². The van der Waals surface area contributed by atoms with E-state index in [1.807, 2.05) is 0 Å². The summed E-state index contributed by atoms with van der Waals surface area (Å²) in [5.41, 5.74) is 4.63. The molecule has 92 valence electrons. The smallest absolute Gasteiger partial charge is 0.405 e. The number of ether oxygens (including phenoxy) is 1. The van der Waals surface area contributed by atoms with E-state index in [9.17, 15) is 14.9 Å². The van der Waals surface area contributed by atoms with Crippen molar-refractivity contribution in [2.45, 2.75) is 25.9 Å². The van der Waals surface area contributed by atoms with Crippen LogP contribution in [-0.2, 0) is 11.2 Å².